The first-order valence-corrected chi connectivity index (χ1v) is 7.32. The lowest BCUT2D eigenvalue weighted by Gasteiger charge is -2.18. The molecule has 1 fully saturated rings. The van der Waals surface area contributed by atoms with Gasteiger partial charge in [-0.1, -0.05) is 0 Å². The summed E-state index contributed by atoms with van der Waals surface area (Å²) >= 11 is 3.24. The molecule has 1 saturated heterocycles. The second kappa shape index (κ2) is 6.74. The van der Waals surface area contributed by atoms with E-state index in [1.807, 2.05) is 0 Å². The predicted octanol–water partition coefficient (Wildman–Crippen LogP) is 2.46. The molecule has 1 aliphatic rings. The summed E-state index contributed by atoms with van der Waals surface area (Å²) in [6.45, 7) is 0.232. The minimum atomic E-state index is -4.17. The first kappa shape index (κ1) is 16.2. The number of pyridine rings is 1. The smallest absolute Gasteiger partial charge is 0.350 e. The molecule has 0 spiro atoms. The number of aromatic nitrogens is 1. The molecule has 2 heterocycles. The van der Waals surface area contributed by atoms with Crippen LogP contribution in [-0.4, -0.2) is 48.1 Å². The van der Waals surface area contributed by atoms with Crippen LogP contribution in [0.15, 0.2) is 22.8 Å². The lowest BCUT2D eigenvalue weighted by Crippen LogP contribution is -2.35. The SMILES string of the molecule is O=C(NCC1CCN(CC(F)(F)F)C1)c1ncccc1Br. The van der Waals surface area contributed by atoms with E-state index in [2.05, 4.69) is 26.2 Å². The normalized spacial score (nSPS) is 19.7. The third kappa shape index (κ3) is 4.96. The Kier molecular flexibility index (Phi) is 5.21. The van der Waals surface area contributed by atoms with Gasteiger partial charge in [0.25, 0.3) is 5.91 Å². The summed E-state index contributed by atoms with van der Waals surface area (Å²) in [5.41, 5.74) is 0.280. The van der Waals surface area contributed by atoms with Crippen molar-refractivity contribution in [2.75, 3.05) is 26.2 Å². The lowest BCUT2D eigenvalue weighted by molar-refractivity contribution is -0.143. The Hall–Kier alpha value is -1.15. The van der Waals surface area contributed by atoms with Gasteiger partial charge in [0.1, 0.15) is 5.69 Å². The number of rotatable bonds is 4. The Morgan fingerprint density at radius 2 is 2.29 bits per heavy atom. The number of nitrogens with zero attached hydrogens (tertiary/aromatic N) is 2. The molecule has 1 aromatic heterocycles. The van der Waals surface area contributed by atoms with Gasteiger partial charge in [-0.05, 0) is 46.9 Å². The van der Waals surface area contributed by atoms with Gasteiger partial charge in [-0.15, -0.1) is 0 Å². The lowest BCUT2D eigenvalue weighted by atomic mass is 10.1. The number of hydrogen-bond donors (Lipinski definition) is 1. The number of carbonyl (C=O) groups is 1. The standard InChI is InChI=1S/C13H15BrF3N3O/c14-10-2-1-4-18-11(10)12(21)19-6-9-3-5-20(7-9)8-13(15,16)17/h1-2,4,9H,3,5-8H2,(H,19,21). The maximum absolute atomic E-state index is 12.3. The van der Waals surface area contributed by atoms with Crippen LogP contribution in [0.4, 0.5) is 13.2 Å². The van der Waals surface area contributed by atoms with Crippen molar-refractivity contribution in [1.29, 1.82) is 0 Å². The van der Waals surface area contributed by atoms with E-state index in [1.54, 1.807) is 12.1 Å². The molecule has 0 bridgehead atoms. The Bertz CT molecular complexity index is 510. The number of halogens is 4. The van der Waals surface area contributed by atoms with Gasteiger partial charge < -0.3 is 5.32 Å². The highest BCUT2D eigenvalue weighted by Crippen LogP contribution is 2.22. The molecule has 0 saturated carbocycles. The molecule has 8 heteroatoms. The molecular formula is C13H15BrF3N3O. The minimum absolute atomic E-state index is 0.0405. The van der Waals surface area contributed by atoms with Crippen molar-refractivity contribution in [2.45, 2.75) is 12.6 Å². The van der Waals surface area contributed by atoms with Crippen LogP contribution in [0.3, 0.4) is 0 Å². The van der Waals surface area contributed by atoms with E-state index < -0.39 is 12.7 Å². The molecule has 1 atom stereocenters. The van der Waals surface area contributed by atoms with E-state index in [0.29, 0.717) is 30.5 Å². The molecule has 2 rings (SSSR count). The summed E-state index contributed by atoms with van der Waals surface area (Å²) in [6.07, 6.45) is -2.00. The summed E-state index contributed by atoms with van der Waals surface area (Å²) in [7, 11) is 0. The average Bonchev–Trinajstić information content (AvgIpc) is 2.82. The monoisotopic (exact) mass is 365 g/mol. The molecule has 1 aromatic rings. The van der Waals surface area contributed by atoms with Gasteiger partial charge in [0.2, 0.25) is 0 Å². The van der Waals surface area contributed by atoms with Crippen LogP contribution in [0.1, 0.15) is 16.9 Å². The minimum Gasteiger partial charge on any atom is -0.350 e. The number of amides is 1. The molecule has 0 aromatic carbocycles. The van der Waals surface area contributed by atoms with Crippen molar-refractivity contribution in [1.82, 2.24) is 15.2 Å². The van der Waals surface area contributed by atoms with Crippen LogP contribution in [0, 0.1) is 5.92 Å². The van der Waals surface area contributed by atoms with Crippen LogP contribution in [0.5, 0.6) is 0 Å². The fourth-order valence-corrected chi connectivity index (χ4v) is 2.79. The third-order valence-electron chi connectivity index (χ3n) is 3.30. The molecule has 0 radical (unpaired) electrons. The second-order valence-corrected chi connectivity index (χ2v) is 5.90. The van der Waals surface area contributed by atoms with Gasteiger partial charge in [0.15, 0.2) is 0 Å². The van der Waals surface area contributed by atoms with Gasteiger partial charge in [-0.25, -0.2) is 4.98 Å². The molecule has 1 N–H and O–H groups in total. The van der Waals surface area contributed by atoms with Crippen molar-refractivity contribution in [3.05, 3.63) is 28.5 Å². The van der Waals surface area contributed by atoms with Crippen LogP contribution >= 0.6 is 15.9 Å². The Morgan fingerprint density at radius 1 is 1.52 bits per heavy atom. The topological polar surface area (TPSA) is 45.2 Å². The van der Waals surface area contributed by atoms with Crippen LogP contribution in [0.2, 0.25) is 0 Å². The van der Waals surface area contributed by atoms with E-state index in [1.165, 1.54) is 11.1 Å². The van der Waals surface area contributed by atoms with Gasteiger partial charge in [0.05, 0.1) is 6.54 Å². The summed E-state index contributed by atoms with van der Waals surface area (Å²) in [6, 6.07) is 3.41. The van der Waals surface area contributed by atoms with E-state index in [-0.39, 0.29) is 17.5 Å². The zero-order chi connectivity index (χ0) is 15.5. The Labute approximate surface area is 128 Å². The first-order valence-electron chi connectivity index (χ1n) is 6.53. The molecule has 1 amide bonds. The van der Waals surface area contributed by atoms with Crippen LogP contribution in [0.25, 0.3) is 0 Å². The second-order valence-electron chi connectivity index (χ2n) is 5.05. The largest absolute Gasteiger partial charge is 0.401 e. The van der Waals surface area contributed by atoms with E-state index >= 15 is 0 Å². The quantitative estimate of drug-likeness (QED) is 0.891. The Morgan fingerprint density at radius 3 is 2.95 bits per heavy atom. The van der Waals surface area contributed by atoms with Crippen LogP contribution < -0.4 is 5.32 Å². The molecular weight excluding hydrogens is 351 g/mol. The van der Waals surface area contributed by atoms with Crippen molar-refractivity contribution >= 4 is 21.8 Å². The number of carbonyl (C=O) groups excluding carboxylic acids is 1. The van der Waals surface area contributed by atoms with Crippen LogP contribution in [-0.2, 0) is 0 Å². The van der Waals surface area contributed by atoms with Gasteiger partial charge in [0, 0.05) is 23.8 Å². The predicted molar refractivity (Wildman–Crippen MR) is 74.9 cm³/mol. The number of hydrogen-bond acceptors (Lipinski definition) is 3. The number of likely N-dealkylation sites (tertiary alicyclic amines) is 1. The zero-order valence-corrected chi connectivity index (χ0v) is 12.7. The average molecular weight is 366 g/mol. The van der Waals surface area contributed by atoms with E-state index in [9.17, 15) is 18.0 Å². The Balaban J connectivity index is 1.80. The maximum atomic E-state index is 12.3. The van der Waals surface area contributed by atoms with Crippen molar-refractivity contribution in [3.8, 4) is 0 Å². The summed E-state index contributed by atoms with van der Waals surface area (Å²) in [4.78, 5) is 17.3. The highest BCUT2D eigenvalue weighted by molar-refractivity contribution is 9.10. The molecule has 21 heavy (non-hydrogen) atoms. The highest BCUT2D eigenvalue weighted by atomic mass is 79.9. The molecule has 1 aliphatic heterocycles. The van der Waals surface area contributed by atoms with Gasteiger partial charge in [-0.3, -0.25) is 9.69 Å². The van der Waals surface area contributed by atoms with Crippen molar-refractivity contribution in [2.24, 2.45) is 5.92 Å². The fourth-order valence-electron chi connectivity index (χ4n) is 2.35. The number of nitrogens with one attached hydrogen (secondary N) is 1. The van der Waals surface area contributed by atoms with Crippen molar-refractivity contribution in [3.63, 3.8) is 0 Å². The summed E-state index contributed by atoms with van der Waals surface area (Å²) < 4.78 is 37.5. The van der Waals surface area contributed by atoms with Crippen molar-refractivity contribution < 1.29 is 18.0 Å². The summed E-state index contributed by atoms with van der Waals surface area (Å²) in [5.74, 6) is -0.282. The first-order chi connectivity index (χ1) is 9.85. The maximum Gasteiger partial charge on any atom is 0.401 e. The van der Waals surface area contributed by atoms with Gasteiger partial charge in [-0.2, -0.15) is 13.2 Å². The zero-order valence-electron chi connectivity index (χ0n) is 11.2. The number of alkyl halides is 3. The summed E-state index contributed by atoms with van der Waals surface area (Å²) in [5, 5.41) is 2.73. The fraction of sp³-hybridized carbons (Fsp3) is 0.538. The molecule has 1 unspecified atom stereocenters. The van der Waals surface area contributed by atoms with Gasteiger partial charge >= 0.3 is 6.18 Å². The third-order valence-corrected chi connectivity index (χ3v) is 3.94. The van der Waals surface area contributed by atoms with E-state index in [0.717, 1.165) is 0 Å². The highest BCUT2D eigenvalue weighted by Gasteiger charge is 2.34. The van der Waals surface area contributed by atoms with E-state index in [4.69, 9.17) is 0 Å². The molecule has 4 nitrogen and oxygen atoms in total. The molecule has 116 valence electrons. The molecule has 0 aliphatic carbocycles.